The van der Waals surface area contributed by atoms with Gasteiger partial charge < -0.3 is 10.4 Å². The summed E-state index contributed by atoms with van der Waals surface area (Å²) in [5, 5.41) is 12.0. The molecule has 0 spiro atoms. The van der Waals surface area contributed by atoms with E-state index in [9.17, 15) is 9.59 Å². The molecule has 1 fully saturated rings. The second-order valence-corrected chi connectivity index (χ2v) is 6.67. The molecule has 20 heavy (non-hydrogen) atoms. The third-order valence-electron chi connectivity index (χ3n) is 4.08. The lowest BCUT2D eigenvalue weighted by Gasteiger charge is -2.11. The van der Waals surface area contributed by atoms with Crippen LogP contribution in [0.4, 0.5) is 5.69 Å². The maximum atomic E-state index is 12.3. The molecule has 0 bridgehead atoms. The number of anilines is 1. The van der Waals surface area contributed by atoms with E-state index in [1.54, 1.807) is 0 Å². The number of carboxylic acids is 1. The van der Waals surface area contributed by atoms with E-state index in [0.29, 0.717) is 0 Å². The zero-order valence-electron chi connectivity index (χ0n) is 11.7. The van der Waals surface area contributed by atoms with E-state index < -0.39 is 23.2 Å². The lowest BCUT2D eigenvalue weighted by Crippen LogP contribution is -2.18. The Kier molecular flexibility index (Phi) is 3.91. The number of aryl methyl sites for hydroxylation is 1. The van der Waals surface area contributed by atoms with Gasteiger partial charge in [0, 0.05) is 10.2 Å². The molecule has 0 aromatic heterocycles. The molecular formula is C15H18BrNO3. The van der Waals surface area contributed by atoms with Crippen molar-refractivity contribution in [3.63, 3.8) is 0 Å². The van der Waals surface area contributed by atoms with Crippen molar-refractivity contribution in [1.29, 1.82) is 0 Å². The summed E-state index contributed by atoms with van der Waals surface area (Å²) in [5.41, 5.74) is 1.31. The Morgan fingerprint density at radius 1 is 1.35 bits per heavy atom. The van der Waals surface area contributed by atoms with E-state index in [4.69, 9.17) is 5.11 Å². The third-order valence-corrected chi connectivity index (χ3v) is 4.58. The summed E-state index contributed by atoms with van der Waals surface area (Å²) in [6.45, 7) is 5.65. The molecule has 1 saturated carbocycles. The summed E-state index contributed by atoms with van der Waals surface area (Å²) in [6, 6.07) is 5.66. The van der Waals surface area contributed by atoms with E-state index in [1.807, 2.05) is 39.0 Å². The topological polar surface area (TPSA) is 66.4 Å². The van der Waals surface area contributed by atoms with E-state index in [-0.39, 0.29) is 5.91 Å². The zero-order chi connectivity index (χ0) is 15.1. The number of aliphatic carboxylic acids is 1. The van der Waals surface area contributed by atoms with Crippen LogP contribution in [0.5, 0.6) is 0 Å². The molecule has 1 aliphatic carbocycles. The van der Waals surface area contributed by atoms with Crippen LogP contribution in [0, 0.1) is 17.3 Å². The van der Waals surface area contributed by atoms with Crippen LogP contribution in [-0.4, -0.2) is 17.0 Å². The van der Waals surface area contributed by atoms with Crippen molar-refractivity contribution in [3.05, 3.63) is 28.2 Å². The lowest BCUT2D eigenvalue weighted by molar-refractivity contribution is -0.140. The van der Waals surface area contributed by atoms with Gasteiger partial charge in [0.15, 0.2) is 0 Å². The van der Waals surface area contributed by atoms with Crippen molar-refractivity contribution in [2.75, 3.05) is 5.32 Å². The minimum Gasteiger partial charge on any atom is -0.481 e. The van der Waals surface area contributed by atoms with Crippen LogP contribution in [0.3, 0.4) is 0 Å². The van der Waals surface area contributed by atoms with Gasteiger partial charge in [0.05, 0.1) is 11.8 Å². The van der Waals surface area contributed by atoms with Crippen molar-refractivity contribution in [2.45, 2.75) is 27.2 Å². The van der Waals surface area contributed by atoms with Gasteiger partial charge in [0.25, 0.3) is 0 Å². The second kappa shape index (κ2) is 5.20. The summed E-state index contributed by atoms with van der Waals surface area (Å²) in [7, 11) is 0. The first-order chi connectivity index (χ1) is 9.28. The predicted molar refractivity (Wildman–Crippen MR) is 80.5 cm³/mol. The largest absolute Gasteiger partial charge is 0.481 e. The molecular weight excluding hydrogens is 322 g/mol. The molecule has 0 radical (unpaired) electrons. The van der Waals surface area contributed by atoms with Crippen molar-refractivity contribution in [2.24, 2.45) is 17.3 Å². The number of halogens is 1. The number of benzene rings is 1. The van der Waals surface area contributed by atoms with Crippen LogP contribution in [0.1, 0.15) is 26.3 Å². The van der Waals surface area contributed by atoms with Gasteiger partial charge in [0.1, 0.15) is 0 Å². The molecule has 108 valence electrons. The highest BCUT2D eigenvalue weighted by Crippen LogP contribution is 2.58. The van der Waals surface area contributed by atoms with Gasteiger partial charge in [-0.25, -0.2) is 0 Å². The van der Waals surface area contributed by atoms with Gasteiger partial charge in [-0.3, -0.25) is 9.59 Å². The lowest BCUT2D eigenvalue weighted by atomic mass is 10.1. The van der Waals surface area contributed by atoms with Crippen LogP contribution in [0.25, 0.3) is 0 Å². The van der Waals surface area contributed by atoms with Crippen LogP contribution < -0.4 is 5.32 Å². The van der Waals surface area contributed by atoms with E-state index in [2.05, 4.69) is 21.2 Å². The average Bonchev–Trinajstić information content (AvgIpc) is 2.94. The maximum Gasteiger partial charge on any atom is 0.307 e. The Bertz CT molecular complexity index is 568. The molecule has 2 rings (SSSR count). The SMILES string of the molecule is CCc1cc(Br)ccc1NC(=O)C1C(C(=O)O)C1(C)C. The van der Waals surface area contributed by atoms with Gasteiger partial charge in [-0.2, -0.15) is 0 Å². The minimum absolute atomic E-state index is 0.209. The number of nitrogens with one attached hydrogen (secondary N) is 1. The van der Waals surface area contributed by atoms with Gasteiger partial charge in [0.2, 0.25) is 5.91 Å². The number of carbonyl (C=O) groups excluding carboxylic acids is 1. The van der Waals surface area contributed by atoms with Crippen LogP contribution in [-0.2, 0) is 16.0 Å². The predicted octanol–water partition coefficient (Wildman–Crippen LogP) is 3.31. The molecule has 0 heterocycles. The third kappa shape index (κ3) is 2.59. The first-order valence-corrected chi connectivity index (χ1v) is 7.40. The molecule has 1 aromatic carbocycles. The second-order valence-electron chi connectivity index (χ2n) is 5.76. The molecule has 2 unspecified atom stereocenters. The summed E-state index contributed by atoms with van der Waals surface area (Å²) < 4.78 is 0.961. The summed E-state index contributed by atoms with van der Waals surface area (Å²) in [4.78, 5) is 23.4. The quantitative estimate of drug-likeness (QED) is 0.884. The van der Waals surface area contributed by atoms with Gasteiger partial charge >= 0.3 is 5.97 Å². The maximum absolute atomic E-state index is 12.3. The molecule has 1 aromatic rings. The number of carboxylic acid groups (broad SMARTS) is 1. The van der Waals surface area contributed by atoms with Gasteiger partial charge in [-0.15, -0.1) is 0 Å². The average molecular weight is 340 g/mol. The van der Waals surface area contributed by atoms with Gasteiger partial charge in [-0.05, 0) is 35.6 Å². The standard InChI is InChI=1S/C15H18BrNO3/c1-4-8-7-9(16)5-6-10(8)17-13(18)11-12(14(19)20)15(11,2)3/h5-7,11-12H,4H2,1-3H3,(H,17,18)(H,19,20). The van der Waals surface area contributed by atoms with Crippen LogP contribution in [0.2, 0.25) is 0 Å². The fraction of sp³-hybridized carbons (Fsp3) is 0.467. The molecule has 2 atom stereocenters. The summed E-state index contributed by atoms with van der Waals surface area (Å²) >= 11 is 3.40. The highest BCUT2D eigenvalue weighted by Gasteiger charge is 2.65. The Morgan fingerprint density at radius 3 is 2.50 bits per heavy atom. The van der Waals surface area contributed by atoms with Crippen molar-refractivity contribution in [1.82, 2.24) is 0 Å². The Labute approximate surface area is 126 Å². The Hall–Kier alpha value is -1.36. The van der Waals surface area contributed by atoms with Crippen molar-refractivity contribution < 1.29 is 14.7 Å². The molecule has 0 saturated heterocycles. The molecule has 4 nitrogen and oxygen atoms in total. The normalized spacial score (nSPS) is 23.2. The molecule has 1 amide bonds. The number of rotatable bonds is 4. The monoisotopic (exact) mass is 339 g/mol. The smallest absolute Gasteiger partial charge is 0.307 e. The first kappa shape index (κ1) is 15.0. The molecule has 2 N–H and O–H groups in total. The van der Waals surface area contributed by atoms with Crippen LogP contribution >= 0.6 is 15.9 Å². The number of amides is 1. The molecule has 0 aliphatic heterocycles. The van der Waals surface area contributed by atoms with Crippen LogP contribution in [0.15, 0.2) is 22.7 Å². The molecule has 5 heteroatoms. The van der Waals surface area contributed by atoms with Gasteiger partial charge in [-0.1, -0.05) is 36.7 Å². The summed E-state index contributed by atoms with van der Waals surface area (Å²) in [6.07, 6.45) is 0.797. The van der Waals surface area contributed by atoms with E-state index in [1.165, 1.54) is 0 Å². The zero-order valence-corrected chi connectivity index (χ0v) is 13.3. The van der Waals surface area contributed by atoms with E-state index in [0.717, 1.165) is 22.1 Å². The fourth-order valence-electron chi connectivity index (χ4n) is 2.78. The van der Waals surface area contributed by atoms with E-state index >= 15 is 0 Å². The number of hydrogen-bond acceptors (Lipinski definition) is 2. The number of hydrogen-bond donors (Lipinski definition) is 2. The molecule has 1 aliphatic rings. The minimum atomic E-state index is -0.901. The number of carbonyl (C=O) groups is 2. The highest BCUT2D eigenvalue weighted by atomic mass is 79.9. The van der Waals surface area contributed by atoms with Crippen molar-refractivity contribution >= 4 is 33.5 Å². The summed E-state index contributed by atoms with van der Waals surface area (Å²) in [5.74, 6) is -2.17. The highest BCUT2D eigenvalue weighted by molar-refractivity contribution is 9.10. The Morgan fingerprint density at radius 2 is 2.00 bits per heavy atom. The Balaban J connectivity index is 2.16. The van der Waals surface area contributed by atoms with Crippen molar-refractivity contribution in [3.8, 4) is 0 Å². The fourth-order valence-corrected chi connectivity index (χ4v) is 3.18. The first-order valence-electron chi connectivity index (χ1n) is 6.61.